The molecule has 0 aromatic heterocycles. The molecular formula is C10H12BrCl3. The van der Waals surface area contributed by atoms with Gasteiger partial charge in [0.1, 0.15) is 0 Å². The zero-order chi connectivity index (χ0) is 11.2. The Kier molecular flexibility index (Phi) is 7.23. The van der Waals surface area contributed by atoms with Crippen LogP contribution < -0.4 is 0 Å². The van der Waals surface area contributed by atoms with Crippen molar-refractivity contribution >= 4 is 50.7 Å². The van der Waals surface area contributed by atoms with E-state index in [1.165, 1.54) is 0 Å². The first kappa shape index (κ1) is 14.6. The van der Waals surface area contributed by atoms with Crippen molar-refractivity contribution in [1.82, 2.24) is 0 Å². The van der Waals surface area contributed by atoms with Gasteiger partial charge in [-0.2, -0.15) is 0 Å². The van der Waals surface area contributed by atoms with Crippen LogP contribution in [0.5, 0.6) is 0 Å². The SMILES string of the molecule is C=C(/C=C/[C@@H](Cl)[C@](C)(Cl)/C=C/Br)CCl. The lowest BCUT2D eigenvalue weighted by Gasteiger charge is -2.20. The van der Waals surface area contributed by atoms with E-state index < -0.39 is 4.87 Å². The van der Waals surface area contributed by atoms with Crippen molar-refractivity contribution in [1.29, 1.82) is 0 Å². The summed E-state index contributed by atoms with van der Waals surface area (Å²) >= 11 is 21.0. The zero-order valence-corrected chi connectivity index (χ0v) is 11.7. The summed E-state index contributed by atoms with van der Waals surface area (Å²) in [5.41, 5.74) is 0.813. The summed E-state index contributed by atoms with van der Waals surface area (Å²) < 4.78 is 0. The van der Waals surface area contributed by atoms with Gasteiger partial charge in [-0.25, -0.2) is 0 Å². The van der Waals surface area contributed by atoms with E-state index in [4.69, 9.17) is 34.8 Å². The number of alkyl halides is 3. The van der Waals surface area contributed by atoms with Gasteiger partial charge in [0.2, 0.25) is 0 Å². The standard InChI is InChI=1S/C10H12BrCl3/c1-8(7-12)3-4-9(13)10(2,14)5-6-11/h3-6,9H,1,7H2,2H3/b4-3+,6-5+/t9-,10-/m1/s1. The lowest BCUT2D eigenvalue weighted by Crippen LogP contribution is -2.24. The third kappa shape index (κ3) is 5.45. The Morgan fingerprint density at radius 1 is 1.64 bits per heavy atom. The number of halogens is 4. The minimum Gasteiger partial charge on any atom is -0.122 e. The van der Waals surface area contributed by atoms with E-state index in [0.29, 0.717) is 5.88 Å². The van der Waals surface area contributed by atoms with Crippen molar-refractivity contribution in [3.8, 4) is 0 Å². The first-order valence-corrected chi connectivity index (χ1v) is 6.23. The average Bonchev–Trinajstić information content (AvgIpc) is 2.13. The Labute approximate surface area is 109 Å². The van der Waals surface area contributed by atoms with Crippen LogP contribution in [0.15, 0.2) is 35.4 Å². The number of rotatable bonds is 5. The second-order valence-corrected chi connectivity index (χ2v) is 5.08. The van der Waals surface area contributed by atoms with Crippen LogP contribution >= 0.6 is 50.7 Å². The molecule has 0 heterocycles. The molecule has 0 rings (SSSR count). The maximum atomic E-state index is 6.15. The molecule has 80 valence electrons. The molecule has 0 unspecified atom stereocenters. The Bertz CT molecular complexity index is 244. The van der Waals surface area contributed by atoms with E-state index in [2.05, 4.69) is 22.5 Å². The third-order valence-electron chi connectivity index (χ3n) is 1.60. The maximum absolute atomic E-state index is 6.15. The minimum absolute atomic E-state index is 0.307. The highest BCUT2D eigenvalue weighted by Gasteiger charge is 2.25. The second-order valence-electron chi connectivity index (χ2n) is 3.00. The fraction of sp³-hybridized carbons (Fsp3) is 0.400. The molecule has 0 fully saturated rings. The monoisotopic (exact) mass is 316 g/mol. The lowest BCUT2D eigenvalue weighted by atomic mass is 10.1. The molecule has 0 aliphatic carbocycles. The van der Waals surface area contributed by atoms with Crippen LogP contribution in [0.1, 0.15) is 6.92 Å². The van der Waals surface area contributed by atoms with Gasteiger partial charge in [-0.05, 0) is 17.5 Å². The van der Waals surface area contributed by atoms with Crippen LogP contribution in [0.3, 0.4) is 0 Å². The Morgan fingerprint density at radius 3 is 2.64 bits per heavy atom. The van der Waals surface area contributed by atoms with Crippen molar-refractivity contribution in [2.45, 2.75) is 17.2 Å². The van der Waals surface area contributed by atoms with E-state index >= 15 is 0 Å². The molecule has 14 heavy (non-hydrogen) atoms. The second kappa shape index (κ2) is 6.95. The van der Waals surface area contributed by atoms with Crippen molar-refractivity contribution in [3.63, 3.8) is 0 Å². The lowest BCUT2D eigenvalue weighted by molar-refractivity contribution is 0.800. The largest absolute Gasteiger partial charge is 0.122 e. The van der Waals surface area contributed by atoms with Crippen molar-refractivity contribution in [2.24, 2.45) is 0 Å². The predicted octanol–water partition coefficient (Wildman–Crippen LogP) is 4.85. The molecular weight excluding hydrogens is 306 g/mol. The Hall–Kier alpha value is 0.570. The van der Waals surface area contributed by atoms with Gasteiger partial charge in [0.15, 0.2) is 0 Å². The van der Waals surface area contributed by atoms with Gasteiger partial charge in [-0.1, -0.05) is 40.7 Å². The van der Waals surface area contributed by atoms with E-state index in [9.17, 15) is 0 Å². The van der Waals surface area contributed by atoms with E-state index in [1.807, 2.05) is 6.92 Å². The number of hydrogen-bond acceptors (Lipinski definition) is 0. The van der Waals surface area contributed by atoms with Gasteiger partial charge in [0.05, 0.1) is 10.3 Å². The van der Waals surface area contributed by atoms with Crippen molar-refractivity contribution < 1.29 is 0 Å². The highest BCUT2D eigenvalue weighted by Crippen LogP contribution is 2.27. The minimum atomic E-state index is -0.617. The van der Waals surface area contributed by atoms with Crippen molar-refractivity contribution in [3.05, 3.63) is 35.4 Å². The van der Waals surface area contributed by atoms with Crippen LogP contribution in [0.25, 0.3) is 0 Å². The first-order chi connectivity index (χ1) is 6.44. The molecule has 0 saturated carbocycles. The highest BCUT2D eigenvalue weighted by atomic mass is 79.9. The number of hydrogen-bond donors (Lipinski definition) is 0. The molecule has 2 atom stereocenters. The Balaban J connectivity index is 4.40. The summed E-state index contributed by atoms with van der Waals surface area (Å²) in [6.07, 6.45) is 5.35. The van der Waals surface area contributed by atoms with E-state index in [1.54, 1.807) is 23.2 Å². The van der Waals surface area contributed by atoms with Gasteiger partial charge in [-0.3, -0.25) is 0 Å². The van der Waals surface area contributed by atoms with Gasteiger partial charge >= 0.3 is 0 Å². The van der Waals surface area contributed by atoms with Gasteiger partial charge in [-0.15, -0.1) is 34.8 Å². The molecule has 4 heteroatoms. The third-order valence-corrected chi connectivity index (χ3v) is 3.28. The number of allylic oxidation sites excluding steroid dienone is 4. The molecule has 0 aliphatic rings. The van der Waals surface area contributed by atoms with Crippen LogP contribution in [0.2, 0.25) is 0 Å². The molecule has 0 nitrogen and oxygen atoms in total. The molecule has 0 saturated heterocycles. The molecule has 0 spiro atoms. The molecule has 0 aromatic rings. The summed E-state index contributed by atoms with van der Waals surface area (Å²) in [6, 6.07) is 0. The molecule has 0 aromatic carbocycles. The predicted molar refractivity (Wildman–Crippen MR) is 71.0 cm³/mol. The van der Waals surface area contributed by atoms with Gasteiger partial charge in [0, 0.05) is 5.88 Å². The molecule has 0 radical (unpaired) electrons. The summed E-state index contributed by atoms with van der Waals surface area (Å²) in [5.74, 6) is 0.396. The van der Waals surface area contributed by atoms with E-state index in [-0.39, 0.29) is 5.38 Å². The molecule has 0 amide bonds. The van der Waals surface area contributed by atoms with Gasteiger partial charge in [0.25, 0.3) is 0 Å². The van der Waals surface area contributed by atoms with E-state index in [0.717, 1.165) is 5.57 Å². The summed E-state index contributed by atoms with van der Waals surface area (Å²) in [6.45, 7) is 5.56. The summed E-state index contributed by atoms with van der Waals surface area (Å²) in [7, 11) is 0. The topological polar surface area (TPSA) is 0 Å². The molecule has 0 N–H and O–H groups in total. The summed E-state index contributed by atoms with van der Waals surface area (Å²) in [4.78, 5) is 1.08. The normalized spacial score (nSPS) is 18.6. The maximum Gasteiger partial charge on any atom is 0.0804 e. The smallest absolute Gasteiger partial charge is 0.0804 e. The van der Waals surface area contributed by atoms with Crippen LogP contribution in [0, 0.1) is 0 Å². The fourth-order valence-corrected chi connectivity index (χ4v) is 1.74. The summed E-state index contributed by atoms with van der Waals surface area (Å²) in [5, 5.41) is -0.307. The Morgan fingerprint density at radius 2 is 2.21 bits per heavy atom. The molecule has 0 aliphatic heterocycles. The first-order valence-electron chi connectivity index (χ1n) is 3.97. The average molecular weight is 318 g/mol. The van der Waals surface area contributed by atoms with Crippen LogP contribution in [0.4, 0.5) is 0 Å². The van der Waals surface area contributed by atoms with Crippen LogP contribution in [-0.4, -0.2) is 16.1 Å². The van der Waals surface area contributed by atoms with Crippen molar-refractivity contribution in [2.75, 3.05) is 5.88 Å². The fourth-order valence-electron chi connectivity index (χ4n) is 0.668. The van der Waals surface area contributed by atoms with Gasteiger partial charge < -0.3 is 0 Å². The zero-order valence-electron chi connectivity index (χ0n) is 7.81. The van der Waals surface area contributed by atoms with Crippen LogP contribution in [-0.2, 0) is 0 Å². The highest BCUT2D eigenvalue weighted by molar-refractivity contribution is 9.11. The molecule has 0 bridgehead atoms. The quantitative estimate of drug-likeness (QED) is 0.502.